The third-order valence-corrected chi connectivity index (χ3v) is 5.74. The van der Waals surface area contributed by atoms with Crippen LogP contribution in [-0.2, 0) is 14.6 Å². The molecule has 1 heterocycles. The lowest BCUT2D eigenvalue weighted by Crippen LogP contribution is -2.27. The summed E-state index contributed by atoms with van der Waals surface area (Å²) in [6.07, 6.45) is 0. The third-order valence-electron chi connectivity index (χ3n) is 2.71. The van der Waals surface area contributed by atoms with Crippen molar-refractivity contribution in [1.82, 2.24) is 4.98 Å². The number of thiazole rings is 1. The fraction of sp³-hybridized carbons (Fsp3) is 0.333. The van der Waals surface area contributed by atoms with Gasteiger partial charge in [-0.1, -0.05) is 11.3 Å². The van der Waals surface area contributed by atoms with Crippen molar-refractivity contribution >= 4 is 48.1 Å². The second kappa shape index (κ2) is 5.37. The largest absolute Gasteiger partial charge is 0.399 e. The van der Waals surface area contributed by atoms with Crippen LogP contribution in [0.5, 0.6) is 0 Å². The lowest BCUT2D eigenvalue weighted by molar-refractivity contribution is -0.113. The van der Waals surface area contributed by atoms with E-state index in [1.165, 1.54) is 11.3 Å². The Morgan fingerprint density at radius 3 is 2.80 bits per heavy atom. The van der Waals surface area contributed by atoms with Crippen molar-refractivity contribution in [3.8, 4) is 0 Å². The van der Waals surface area contributed by atoms with Crippen LogP contribution in [-0.4, -0.2) is 30.3 Å². The minimum absolute atomic E-state index is 0.370. The summed E-state index contributed by atoms with van der Waals surface area (Å²) in [5, 5.41) is 2.30. The zero-order valence-electron chi connectivity index (χ0n) is 11.1. The Hall–Kier alpha value is -1.67. The number of aromatic nitrogens is 1. The molecular formula is C12H15N3O3S2. The lowest BCUT2D eigenvalue weighted by Gasteiger charge is -2.06. The van der Waals surface area contributed by atoms with Gasteiger partial charge in [0, 0.05) is 5.69 Å². The first-order valence-electron chi connectivity index (χ1n) is 5.95. The summed E-state index contributed by atoms with van der Waals surface area (Å²) in [7, 11) is -3.41. The summed E-state index contributed by atoms with van der Waals surface area (Å²) in [6, 6.07) is 5.23. The number of nitrogen functional groups attached to an aromatic ring is 1. The number of nitrogens with one attached hydrogen (secondary N) is 1. The molecule has 0 fully saturated rings. The maximum atomic E-state index is 11.7. The van der Waals surface area contributed by atoms with Crippen LogP contribution < -0.4 is 11.1 Å². The minimum atomic E-state index is -3.41. The Morgan fingerprint density at radius 2 is 2.15 bits per heavy atom. The van der Waals surface area contributed by atoms with Crippen LogP contribution in [0.2, 0.25) is 0 Å². The van der Waals surface area contributed by atoms with E-state index in [2.05, 4.69) is 10.3 Å². The number of sulfone groups is 1. The molecule has 0 aliphatic heterocycles. The minimum Gasteiger partial charge on any atom is -0.399 e. The van der Waals surface area contributed by atoms with Crippen LogP contribution in [0.1, 0.15) is 13.8 Å². The van der Waals surface area contributed by atoms with Gasteiger partial charge in [0.2, 0.25) is 5.91 Å². The first-order chi connectivity index (χ1) is 9.28. The highest BCUT2D eigenvalue weighted by molar-refractivity contribution is 7.92. The average molecular weight is 313 g/mol. The molecule has 3 N–H and O–H groups in total. The van der Waals surface area contributed by atoms with Gasteiger partial charge < -0.3 is 11.1 Å². The monoisotopic (exact) mass is 313 g/mol. The predicted octanol–water partition coefficient (Wildman–Crippen LogP) is 1.64. The molecule has 0 atom stereocenters. The lowest BCUT2D eigenvalue weighted by atomic mass is 10.3. The number of amides is 1. The predicted molar refractivity (Wildman–Crippen MR) is 81.6 cm³/mol. The Kier molecular flexibility index (Phi) is 3.96. The molecule has 108 valence electrons. The summed E-state index contributed by atoms with van der Waals surface area (Å²) < 4.78 is 24.1. The molecule has 0 saturated heterocycles. The number of anilines is 2. The number of fused-ring (bicyclic) bond motifs is 1. The van der Waals surface area contributed by atoms with E-state index in [0.29, 0.717) is 16.3 Å². The van der Waals surface area contributed by atoms with E-state index >= 15 is 0 Å². The smallest absolute Gasteiger partial charge is 0.241 e. The molecule has 1 aromatic carbocycles. The zero-order valence-corrected chi connectivity index (χ0v) is 12.7. The van der Waals surface area contributed by atoms with Crippen LogP contribution in [0, 0.1) is 0 Å². The van der Waals surface area contributed by atoms with Crippen molar-refractivity contribution in [3.05, 3.63) is 18.2 Å². The number of nitrogens with zero attached hydrogens (tertiary/aromatic N) is 1. The van der Waals surface area contributed by atoms with Crippen LogP contribution >= 0.6 is 11.3 Å². The molecule has 2 aromatic rings. The first-order valence-corrected chi connectivity index (χ1v) is 8.48. The Bertz CT molecular complexity index is 750. The van der Waals surface area contributed by atoms with Gasteiger partial charge in [-0.15, -0.1) is 0 Å². The van der Waals surface area contributed by atoms with Crippen molar-refractivity contribution < 1.29 is 13.2 Å². The topological polar surface area (TPSA) is 102 Å². The second-order valence-electron chi connectivity index (χ2n) is 4.65. The second-order valence-corrected chi connectivity index (χ2v) is 8.24. The average Bonchev–Trinajstić information content (AvgIpc) is 2.68. The van der Waals surface area contributed by atoms with E-state index in [1.54, 1.807) is 32.0 Å². The van der Waals surface area contributed by atoms with E-state index in [0.717, 1.165) is 4.70 Å². The SMILES string of the molecule is CC(C)S(=O)(=O)CC(=O)Nc1nc2ccc(N)cc2s1. The molecule has 0 aliphatic rings. The maximum Gasteiger partial charge on any atom is 0.241 e. The summed E-state index contributed by atoms with van der Waals surface area (Å²) in [4.78, 5) is 15.9. The van der Waals surface area contributed by atoms with Crippen LogP contribution in [0.15, 0.2) is 18.2 Å². The van der Waals surface area contributed by atoms with Crippen molar-refractivity contribution in [2.24, 2.45) is 0 Å². The first kappa shape index (κ1) is 14.7. The molecule has 0 aliphatic carbocycles. The third kappa shape index (κ3) is 3.26. The Balaban J connectivity index is 2.14. The number of benzene rings is 1. The highest BCUT2D eigenvalue weighted by Gasteiger charge is 2.21. The molecule has 1 amide bonds. The summed E-state index contributed by atoms with van der Waals surface area (Å²) in [6.45, 7) is 3.09. The molecule has 0 unspecified atom stereocenters. The summed E-state index contributed by atoms with van der Waals surface area (Å²) in [5.74, 6) is -1.12. The van der Waals surface area contributed by atoms with Gasteiger partial charge in [-0.3, -0.25) is 4.79 Å². The summed E-state index contributed by atoms with van der Waals surface area (Å²) >= 11 is 1.26. The molecule has 20 heavy (non-hydrogen) atoms. The number of carbonyl (C=O) groups excluding carboxylic acids is 1. The number of hydrogen-bond donors (Lipinski definition) is 2. The highest BCUT2D eigenvalue weighted by atomic mass is 32.2. The number of rotatable bonds is 4. The Labute approximate surface area is 120 Å². The fourth-order valence-electron chi connectivity index (χ4n) is 1.50. The van der Waals surface area contributed by atoms with Crippen molar-refractivity contribution in [2.45, 2.75) is 19.1 Å². The van der Waals surface area contributed by atoms with Crippen LogP contribution in [0.3, 0.4) is 0 Å². The van der Waals surface area contributed by atoms with Crippen LogP contribution in [0.4, 0.5) is 10.8 Å². The molecule has 0 radical (unpaired) electrons. The van der Waals surface area contributed by atoms with E-state index in [9.17, 15) is 13.2 Å². The number of nitrogens with two attached hydrogens (primary N) is 1. The molecule has 8 heteroatoms. The molecule has 0 saturated carbocycles. The quantitative estimate of drug-likeness (QED) is 0.835. The van der Waals surface area contributed by atoms with Gasteiger partial charge in [-0.25, -0.2) is 13.4 Å². The van der Waals surface area contributed by atoms with Gasteiger partial charge in [0.25, 0.3) is 0 Å². The van der Waals surface area contributed by atoms with Crippen molar-refractivity contribution in [3.63, 3.8) is 0 Å². The molecule has 0 bridgehead atoms. The van der Waals surface area contributed by atoms with E-state index in [-0.39, 0.29) is 0 Å². The molecule has 2 rings (SSSR count). The van der Waals surface area contributed by atoms with E-state index in [1.807, 2.05) is 0 Å². The highest BCUT2D eigenvalue weighted by Crippen LogP contribution is 2.27. The standard InChI is InChI=1S/C12H15N3O3S2/c1-7(2)20(17,18)6-11(16)15-12-14-9-4-3-8(13)5-10(9)19-12/h3-5,7H,6,13H2,1-2H3,(H,14,15,16). The van der Waals surface area contributed by atoms with Crippen molar-refractivity contribution in [1.29, 1.82) is 0 Å². The molecule has 6 nitrogen and oxygen atoms in total. The fourth-order valence-corrected chi connectivity index (χ4v) is 3.20. The molecule has 1 aromatic heterocycles. The van der Waals surface area contributed by atoms with Gasteiger partial charge in [-0.05, 0) is 32.0 Å². The van der Waals surface area contributed by atoms with Crippen LogP contribution in [0.25, 0.3) is 10.2 Å². The van der Waals surface area contributed by atoms with Gasteiger partial charge in [-0.2, -0.15) is 0 Å². The van der Waals surface area contributed by atoms with Crippen molar-refractivity contribution in [2.75, 3.05) is 16.8 Å². The molecule has 0 spiro atoms. The maximum absolute atomic E-state index is 11.7. The van der Waals surface area contributed by atoms with Gasteiger partial charge in [0.05, 0.1) is 15.5 Å². The zero-order chi connectivity index (χ0) is 14.9. The van der Waals surface area contributed by atoms with E-state index in [4.69, 9.17) is 5.73 Å². The number of hydrogen-bond acceptors (Lipinski definition) is 6. The summed E-state index contributed by atoms with van der Waals surface area (Å²) in [5.41, 5.74) is 6.99. The number of carbonyl (C=O) groups is 1. The normalized spacial score (nSPS) is 11.9. The van der Waals surface area contributed by atoms with Gasteiger partial charge >= 0.3 is 0 Å². The van der Waals surface area contributed by atoms with Gasteiger partial charge in [0.1, 0.15) is 5.75 Å². The molecular weight excluding hydrogens is 298 g/mol. The Morgan fingerprint density at radius 1 is 1.45 bits per heavy atom. The van der Waals surface area contributed by atoms with E-state index < -0.39 is 26.7 Å². The van der Waals surface area contributed by atoms with Gasteiger partial charge in [0.15, 0.2) is 15.0 Å².